The third kappa shape index (κ3) is 4.42. The van der Waals surface area contributed by atoms with Gasteiger partial charge in [0.1, 0.15) is 5.78 Å². The van der Waals surface area contributed by atoms with Crippen molar-refractivity contribution in [1.29, 1.82) is 0 Å². The second-order valence-electron chi connectivity index (χ2n) is 5.74. The van der Waals surface area contributed by atoms with Crippen molar-refractivity contribution in [1.82, 2.24) is 9.97 Å². The molecule has 0 amide bonds. The van der Waals surface area contributed by atoms with E-state index in [0.29, 0.717) is 18.2 Å². The summed E-state index contributed by atoms with van der Waals surface area (Å²) >= 11 is 0. The lowest BCUT2D eigenvalue weighted by atomic mass is 10.0. The lowest BCUT2D eigenvalue weighted by Gasteiger charge is -2.06. The average molecular weight is 309 g/mol. The predicted molar refractivity (Wildman–Crippen MR) is 96.7 cm³/mol. The first-order valence-corrected chi connectivity index (χ1v) is 7.77. The summed E-state index contributed by atoms with van der Waals surface area (Å²) in [6, 6.07) is 8.03. The number of hydrogen-bond acceptors (Lipinski definition) is 3. The largest absolute Gasteiger partial charge is 0.326 e. The number of Topliss-reactive ketones (excluding diaryl/α,β-unsaturated/α-hetero) is 1. The van der Waals surface area contributed by atoms with Crippen LogP contribution in [-0.2, 0) is 11.2 Å². The van der Waals surface area contributed by atoms with Crippen molar-refractivity contribution in [3.63, 3.8) is 0 Å². The molecule has 1 heterocycles. The first kappa shape index (κ1) is 16.7. The number of aromatic amines is 1. The van der Waals surface area contributed by atoms with Gasteiger partial charge in [-0.1, -0.05) is 39.1 Å². The molecule has 2 N–H and O–H groups in total. The number of hydrogen-bond donors (Lipinski definition) is 2. The van der Waals surface area contributed by atoms with Crippen molar-refractivity contribution in [2.75, 3.05) is 5.32 Å². The Labute approximate surface area is 137 Å². The zero-order chi connectivity index (χ0) is 16.8. The van der Waals surface area contributed by atoms with Gasteiger partial charge in [0.25, 0.3) is 0 Å². The summed E-state index contributed by atoms with van der Waals surface area (Å²) in [5, 5.41) is 3.21. The number of H-pyrrole nitrogens is 1. The van der Waals surface area contributed by atoms with Crippen LogP contribution < -0.4 is 5.32 Å². The number of carbonyl (C=O) groups is 1. The second-order valence-corrected chi connectivity index (χ2v) is 5.74. The molecule has 0 radical (unpaired) electrons. The maximum absolute atomic E-state index is 11.7. The maximum Gasteiger partial charge on any atom is 0.205 e. The first-order valence-electron chi connectivity index (χ1n) is 7.77. The molecule has 0 saturated carbocycles. The Morgan fingerprint density at radius 2 is 1.96 bits per heavy atom. The molecule has 120 valence electrons. The molecular formula is C19H23N3O. The summed E-state index contributed by atoms with van der Waals surface area (Å²) < 4.78 is 0. The molecular weight excluding hydrogens is 286 g/mol. The molecule has 4 nitrogen and oxygen atoms in total. The van der Waals surface area contributed by atoms with Crippen LogP contribution in [0.4, 0.5) is 11.6 Å². The molecule has 0 spiro atoms. The predicted octanol–water partition coefficient (Wildman–Crippen LogP) is 4.60. The van der Waals surface area contributed by atoms with E-state index in [1.807, 2.05) is 38.1 Å². The van der Waals surface area contributed by atoms with E-state index >= 15 is 0 Å². The third-order valence-electron chi connectivity index (χ3n) is 3.68. The highest BCUT2D eigenvalue weighted by atomic mass is 16.1. The second kappa shape index (κ2) is 7.58. The normalized spacial score (nSPS) is 10.6. The Hall–Kier alpha value is -2.62. The molecule has 4 heteroatoms. The fourth-order valence-electron chi connectivity index (χ4n) is 2.22. The molecule has 0 aliphatic carbocycles. The van der Waals surface area contributed by atoms with Crippen molar-refractivity contribution >= 4 is 29.6 Å². The number of anilines is 2. The van der Waals surface area contributed by atoms with Crippen LogP contribution in [0.1, 0.15) is 37.2 Å². The molecule has 1 aromatic carbocycles. The minimum Gasteiger partial charge on any atom is -0.326 e. The molecule has 23 heavy (non-hydrogen) atoms. The molecule has 0 bridgehead atoms. The van der Waals surface area contributed by atoms with Gasteiger partial charge in [-0.2, -0.15) is 0 Å². The molecule has 2 rings (SSSR count). The highest BCUT2D eigenvalue weighted by Gasteiger charge is 2.08. The van der Waals surface area contributed by atoms with Crippen LogP contribution in [0, 0.1) is 5.92 Å². The van der Waals surface area contributed by atoms with Crippen LogP contribution in [0.5, 0.6) is 0 Å². The summed E-state index contributed by atoms with van der Waals surface area (Å²) in [4.78, 5) is 19.2. The summed E-state index contributed by atoms with van der Waals surface area (Å²) in [5.74, 6) is 1.06. The number of benzene rings is 1. The lowest BCUT2D eigenvalue weighted by Crippen LogP contribution is -2.07. The standard InChI is InChI=1S/C19H23N3O/c1-5-16-17(6-2)22-19(21-16)20-15-10-7-14(8-11-15)9-12-18(23)13(3)4/h5-8,10-11,13H,1-2,9,12H2,3-4H3,(H2,20,21,22). The quantitative estimate of drug-likeness (QED) is 0.749. The van der Waals surface area contributed by atoms with Crippen LogP contribution in [-0.4, -0.2) is 15.8 Å². The highest BCUT2D eigenvalue weighted by Crippen LogP contribution is 2.18. The van der Waals surface area contributed by atoms with Crippen molar-refractivity contribution in [2.24, 2.45) is 5.92 Å². The van der Waals surface area contributed by atoms with Crippen molar-refractivity contribution < 1.29 is 4.79 Å². The number of rotatable bonds is 8. The van der Waals surface area contributed by atoms with Gasteiger partial charge < -0.3 is 10.3 Å². The zero-order valence-electron chi connectivity index (χ0n) is 13.7. The van der Waals surface area contributed by atoms with Gasteiger partial charge in [-0.3, -0.25) is 4.79 Å². The van der Waals surface area contributed by atoms with Gasteiger partial charge in [-0.25, -0.2) is 4.98 Å². The number of aryl methyl sites for hydroxylation is 1. The van der Waals surface area contributed by atoms with Gasteiger partial charge in [0.15, 0.2) is 0 Å². The van der Waals surface area contributed by atoms with Crippen LogP contribution in [0.15, 0.2) is 37.4 Å². The van der Waals surface area contributed by atoms with E-state index in [0.717, 1.165) is 29.1 Å². The summed E-state index contributed by atoms with van der Waals surface area (Å²) in [5.41, 5.74) is 3.70. The topological polar surface area (TPSA) is 57.8 Å². The molecule has 0 unspecified atom stereocenters. The Morgan fingerprint density at radius 1 is 1.26 bits per heavy atom. The molecule has 0 aliphatic heterocycles. The SMILES string of the molecule is C=Cc1nc(Nc2ccc(CCC(=O)C(C)C)cc2)[nH]c1C=C. The van der Waals surface area contributed by atoms with Crippen LogP contribution in [0.2, 0.25) is 0 Å². The number of nitrogens with one attached hydrogen (secondary N) is 2. The number of ketones is 1. The smallest absolute Gasteiger partial charge is 0.205 e. The van der Waals surface area contributed by atoms with E-state index in [9.17, 15) is 4.79 Å². The average Bonchev–Trinajstić information content (AvgIpc) is 2.95. The number of imidazole rings is 1. The number of aromatic nitrogens is 2. The van der Waals surface area contributed by atoms with Crippen molar-refractivity contribution in [2.45, 2.75) is 26.7 Å². The number of carbonyl (C=O) groups excluding carboxylic acids is 1. The van der Waals surface area contributed by atoms with Gasteiger partial charge in [-0.05, 0) is 36.3 Å². The van der Waals surface area contributed by atoms with E-state index in [4.69, 9.17) is 0 Å². The Balaban J connectivity index is 1.99. The Morgan fingerprint density at radius 3 is 2.48 bits per heavy atom. The van der Waals surface area contributed by atoms with Gasteiger partial charge >= 0.3 is 0 Å². The summed E-state index contributed by atoms with van der Waals surface area (Å²) in [6.07, 6.45) is 4.77. The number of nitrogens with zero attached hydrogens (tertiary/aromatic N) is 1. The molecule has 2 aromatic rings. The zero-order valence-corrected chi connectivity index (χ0v) is 13.7. The molecule has 0 fully saturated rings. The maximum atomic E-state index is 11.7. The van der Waals surface area contributed by atoms with E-state index < -0.39 is 0 Å². The van der Waals surface area contributed by atoms with Gasteiger partial charge in [-0.15, -0.1) is 0 Å². The van der Waals surface area contributed by atoms with Crippen LogP contribution in [0.25, 0.3) is 12.2 Å². The van der Waals surface area contributed by atoms with E-state index in [1.54, 1.807) is 12.2 Å². The molecule has 0 atom stereocenters. The van der Waals surface area contributed by atoms with Crippen LogP contribution in [0.3, 0.4) is 0 Å². The van der Waals surface area contributed by atoms with Gasteiger partial charge in [0, 0.05) is 18.0 Å². The first-order chi connectivity index (χ1) is 11.0. The van der Waals surface area contributed by atoms with Gasteiger partial charge in [0.05, 0.1) is 11.4 Å². The lowest BCUT2D eigenvalue weighted by molar-refractivity contribution is -0.121. The third-order valence-corrected chi connectivity index (χ3v) is 3.68. The van der Waals surface area contributed by atoms with E-state index in [1.165, 1.54) is 0 Å². The molecule has 0 saturated heterocycles. The summed E-state index contributed by atoms with van der Waals surface area (Å²) in [7, 11) is 0. The fourth-order valence-corrected chi connectivity index (χ4v) is 2.22. The van der Waals surface area contributed by atoms with Crippen LogP contribution >= 0.6 is 0 Å². The summed E-state index contributed by atoms with van der Waals surface area (Å²) in [6.45, 7) is 11.4. The highest BCUT2D eigenvalue weighted by molar-refractivity contribution is 5.80. The van der Waals surface area contributed by atoms with E-state index in [2.05, 4.69) is 28.4 Å². The minimum absolute atomic E-state index is 0.105. The van der Waals surface area contributed by atoms with Gasteiger partial charge in [0.2, 0.25) is 5.95 Å². The van der Waals surface area contributed by atoms with E-state index in [-0.39, 0.29) is 5.92 Å². The monoisotopic (exact) mass is 309 g/mol. The molecule has 1 aromatic heterocycles. The Bertz CT molecular complexity index is 670. The molecule has 0 aliphatic rings. The van der Waals surface area contributed by atoms with Crippen molar-refractivity contribution in [3.05, 3.63) is 54.4 Å². The fraction of sp³-hybridized carbons (Fsp3) is 0.263. The minimum atomic E-state index is 0.105. The Kier molecular flexibility index (Phi) is 5.52. The van der Waals surface area contributed by atoms with Crippen molar-refractivity contribution in [3.8, 4) is 0 Å².